The van der Waals surface area contributed by atoms with Crippen LogP contribution in [0.2, 0.25) is 0 Å². The van der Waals surface area contributed by atoms with Crippen molar-refractivity contribution in [3.05, 3.63) is 18.2 Å². The van der Waals surface area contributed by atoms with E-state index in [0.29, 0.717) is 30.6 Å². The van der Waals surface area contributed by atoms with Gasteiger partial charge in [-0.2, -0.15) is 4.31 Å². The number of rotatable bonds is 5. The Morgan fingerprint density at radius 2 is 1.72 bits per heavy atom. The molecule has 1 aromatic carbocycles. The lowest BCUT2D eigenvalue weighted by molar-refractivity contribution is 0.172. The fourth-order valence-electron chi connectivity index (χ4n) is 2.75. The van der Waals surface area contributed by atoms with E-state index in [4.69, 9.17) is 9.47 Å². The van der Waals surface area contributed by atoms with Crippen molar-refractivity contribution >= 4 is 16.1 Å². The molecule has 1 N–H and O–H groups in total. The SMILES string of the molecule is COc1ccc(S(=O)(=O)N2CCN(C(=O)NC3CC3)CC2)cc1OC. The van der Waals surface area contributed by atoms with Crippen LogP contribution in [0.3, 0.4) is 0 Å². The molecule has 9 heteroatoms. The highest BCUT2D eigenvalue weighted by atomic mass is 32.2. The summed E-state index contributed by atoms with van der Waals surface area (Å²) in [5.41, 5.74) is 0. The maximum absolute atomic E-state index is 12.8. The van der Waals surface area contributed by atoms with Crippen LogP contribution in [0.4, 0.5) is 4.79 Å². The molecule has 25 heavy (non-hydrogen) atoms. The van der Waals surface area contributed by atoms with Gasteiger partial charge in [0.15, 0.2) is 11.5 Å². The Morgan fingerprint density at radius 1 is 1.08 bits per heavy atom. The highest BCUT2D eigenvalue weighted by molar-refractivity contribution is 7.89. The summed E-state index contributed by atoms with van der Waals surface area (Å²) in [4.78, 5) is 13.9. The van der Waals surface area contributed by atoms with Gasteiger partial charge in [0.1, 0.15) is 0 Å². The van der Waals surface area contributed by atoms with Crippen molar-refractivity contribution in [1.29, 1.82) is 0 Å². The normalized spacial score (nSPS) is 18.7. The maximum atomic E-state index is 12.8. The van der Waals surface area contributed by atoms with Gasteiger partial charge < -0.3 is 19.7 Å². The second kappa shape index (κ2) is 7.09. The van der Waals surface area contributed by atoms with E-state index in [0.717, 1.165) is 12.8 Å². The summed E-state index contributed by atoms with van der Waals surface area (Å²) < 4.78 is 37.4. The van der Waals surface area contributed by atoms with Gasteiger partial charge in [0.2, 0.25) is 10.0 Å². The molecule has 2 amide bonds. The van der Waals surface area contributed by atoms with Crippen LogP contribution in [-0.2, 0) is 10.0 Å². The van der Waals surface area contributed by atoms with Crippen molar-refractivity contribution in [1.82, 2.24) is 14.5 Å². The Kier molecular flexibility index (Phi) is 5.05. The highest BCUT2D eigenvalue weighted by Gasteiger charge is 2.32. The Morgan fingerprint density at radius 3 is 2.28 bits per heavy atom. The van der Waals surface area contributed by atoms with Crippen molar-refractivity contribution in [2.75, 3.05) is 40.4 Å². The summed E-state index contributed by atoms with van der Waals surface area (Å²) in [6.45, 7) is 1.31. The van der Waals surface area contributed by atoms with Crippen molar-refractivity contribution in [3.63, 3.8) is 0 Å². The largest absolute Gasteiger partial charge is 0.493 e. The van der Waals surface area contributed by atoms with Crippen molar-refractivity contribution < 1.29 is 22.7 Å². The van der Waals surface area contributed by atoms with E-state index in [1.54, 1.807) is 11.0 Å². The summed E-state index contributed by atoms with van der Waals surface area (Å²) >= 11 is 0. The number of nitrogens with zero attached hydrogens (tertiary/aromatic N) is 2. The fraction of sp³-hybridized carbons (Fsp3) is 0.562. The third-order valence-electron chi connectivity index (χ3n) is 4.42. The lowest BCUT2D eigenvalue weighted by Gasteiger charge is -2.34. The van der Waals surface area contributed by atoms with Crippen LogP contribution in [0, 0.1) is 0 Å². The first kappa shape index (κ1) is 17.8. The van der Waals surface area contributed by atoms with Gasteiger partial charge in [-0.1, -0.05) is 0 Å². The number of methoxy groups -OCH3 is 2. The zero-order valence-corrected chi connectivity index (χ0v) is 15.2. The molecule has 2 fully saturated rings. The molecule has 0 unspecified atom stereocenters. The van der Waals surface area contributed by atoms with Gasteiger partial charge >= 0.3 is 6.03 Å². The molecule has 0 aromatic heterocycles. The minimum atomic E-state index is -3.64. The minimum Gasteiger partial charge on any atom is -0.493 e. The molecule has 138 valence electrons. The predicted molar refractivity (Wildman–Crippen MR) is 91.4 cm³/mol. The quantitative estimate of drug-likeness (QED) is 0.832. The molecule has 0 atom stereocenters. The number of hydrogen-bond acceptors (Lipinski definition) is 5. The number of hydrogen-bond donors (Lipinski definition) is 1. The summed E-state index contributed by atoms with van der Waals surface area (Å²) in [6.07, 6.45) is 2.05. The van der Waals surface area contributed by atoms with E-state index in [1.807, 2.05) is 0 Å². The van der Waals surface area contributed by atoms with Crippen LogP contribution in [0.25, 0.3) is 0 Å². The van der Waals surface area contributed by atoms with Crippen molar-refractivity contribution in [3.8, 4) is 11.5 Å². The van der Waals surface area contributed by atoms with Crippen molar-refractivity contribution in [2.24, 2.45) is 0 Å². The molecule has 3 rings (SSSR count). The number of ether oxygens (including phenoxy) is 2. The van der Waals surface area contributed by atoms with E-state index in [9.17, 15) is 13.2 Å². The Hall–Kier alpha value is -2.00. The molecule has 1 saturated carbocycles. The van der Waals surface area contributed by atoms with E-state index >= 15 is 0 Å². The highest BCUT2D eigenvalue weighted by Crippen LogP contribution is 2.31. The molecule has 1 aliphatic heterocycles. The standard InChI is InChI=1S/C16H23N3O5S/c1-23-14-6-5-13(11-15(14)24-2)25(21,22)19-9-7-18(8-10-19)16(20)17-12-3-4-12/h5-6,11-12H,3-4,7-10H2,1-2H3,(H,17,20). The minimum absolute atomic E-state index is 0.106. The number of nitrogens with one attached hydrogen (secondary N) is 1. The monoisotopic (exact) mass is 369 g/mol. The zero-order valence-electron chi connectivity index (χ0n) is 14.4. The van der Waals surface area contributed by atoms with E-state index < -0.39 is 10.0 Å². The molecule has 8 nitrogen and oxygen atoms in total. The Labute approximate surface area is 147 Å². The summed E-state index contributed by atoms with van der Waals surface area (Å²) in [5.74, 6) is 0.842. The van der Waals surface area contributed by atoms with Gasteiger partial charge in [-0.05, 0) is 25.0 Å². The number of benzene rings is 1. The van der Waals surface area contributed by atoms with Gasteiger partial charge in [-0.3, -0.25) is 0 Å². The lowest BCUT2D eigenvalue weighted by atomic mass is 10.3. The summed E-state index contributed by atoms with van der Waals surface area (Å²) in [7, 11) is -0.678. The number of sulfonamides is 1. The molecule has 2 aliphatic rings. The van der Waals surface area contributed by atoms with Gasteiger partial charge in [-0.25, -0.2) is 13.2 Å². The van der Waals surface area contributed by atoms with E-state index in [-0.39, 0.29) is 24.0 Å². The summed E-state index contributed by atoms with van der Waals surface area (Å²) in [5, 5.41) is 2.93. The smallest absolute Gasteiger partial charge is 0.317 e. The first-order valence-electron chi connectivity index (χ1n) is 8.23. The molecular formula is C16H23N3O5S. The molecule has 1 aromatic rings. The van der Waals surface area contributed by atoms with Gasteiger partial charge in [0, 0.05) is 38.3 Å². The van der Waals surface area contributed by atoms with Crippen LogP contribution >= 0.6 is 0 Å². The van der Waals surface area contributed by atoms with Crippen LogP contribution in [0.15, 0.2) is 23.1 Å². The number of carbonyl (C=O) groups is 1. The van der Waals surface area contributed by atoms with E-state index in [1.165, 1.54) is 30.7 Å². The van der Waals surface area contributed by atoms with Gasteiger partial charge in [-0.15, -0.1) is 0 Å². The summed E-state index contributed by atoms with van der Waals surface area (Å²) in [6, 6.07) is 4.72. The first-order chi connectivity index (χ1) is 12.0. The second-order valence-corrected chi connectivity index (χ2v) is 8.07. The number of piperazine rings is 1. The molecule has 0 bridgehead atoms. The number of amides is 2. The molecule has 0 spiro atoms. The number of carbonyl (C=O) groups excluding carboxylic acids is 1. The topological polar surface area (TPSA) is 88.2 Å². The van der Waals surface area contributed by atoms with Gasteiger partial charge in [0.05, 0.1) is 19.1 Å². The molecule has 1 aliphatic carbocycles. The van der Waals surface area contributed by atoms with Crippen LogP contribution < -0.4 is 14.8 Å². The first-order valence-corrected chi connectivity index (χ1v) is 9.67. The fourth-order valence-corrected chi connectivity index (χ4v) is 4.19. The third kappa shape index (κ3) is 3.82. The average molecular weight is 369 g/mol. The molecule has 1 saturated heterocycles. The lowest BCUT2D eigenvalue weighted by Crippen LogP contribution is -2.53. The molecule has 1 heterocycles. The Bertz CT molecular complexity index is 740. The third-order valence-corrected chi connectivity index (χ3v) is 6.32. The van der Waals surface area contributed by atoms with Gasteiger partial charge in [0.25, 0.3) is 0 Å². The molecular weight excluding hydrogens is 346 g/mol. The van der Waals surface area contributed by atoms with Crippen molar-refractivity contribution in [2.45, 2.75) is 23.8 Å². The number of urea groups is 1. The van der Waals surface area contributed by atoms with Crippen LogP contribution in [0.5, 0.6) is 11.5 Å². The van der Waals surface area contributed by atoms with Crippen LogP contribution in [-0.4, -0.2) is 70.1 Å². The zero-order chi connectivity index (χ0) is 18.0. The predicted octanol–water partition coefficient (Wildman–Crippen LogP) is 0.882. The second-order valence-electron chi connectivity index (χ2n) is 6.13. The molecule has 0 radical (unpaired) electrons. The van der Waals surface area contributed by atoms with Crippen LogP contribution in [0.1, 0.15) is 12.8 Å². The maximum Gasteiger partial charge on any atom is 0.317 e. The van der Waals surface area contributed by atoms with E-state index in [2.05, 4.69) is 5.32 Å². The average Bonchev–Trinajstić information content (AvgIpc) is 3.45. The Balaban J connectivity index is 1.68.